The summed E-state index contributed by atoms with van der Waals surface area (Å²) in [5.41, 5.74) is 8.13. The average Bonchev–Trinajstić information content (AvgIpc) is 3.27. The monoisotopic (exact) mass is 342 g/mol. The van der Waals surface area contributed by atoms with Gasteiger partial charge in [0.1, 0.15) is 11.5 Å². The van der Waals surface area contributed by atoms with Crippen LogP contribution in [0.15, 0.2) is 59.0 Å². The summed E-state index contributed by atoms with van der Waals surface area (Å²) in [6.07, 6.45) is 4.19. The largest absolute Gasteiger partial charge is 0.461 e. The minimum Gasteiger partial charge on any atom is -0.461 e. The number of benzene rings is 2. The molecule has 2 aromatic carbocycles. The van der Waals surface area contributed by atoms with Crippen LogP contribution in [0.5, 0.6) is 0 Å². The third kappa shape index (κ3) is 3.03. The number of aryl methyl sites for hydroxylation is 1. The van der Waals surface area contributed by atoms with Crippen LogP contribution in [-0.4, -0.2) is 0 Å². The Morgan fingerprint density at radius 2 is 1.69 bits per heavy atom. The van der Waals surface area contributed by atoms with Crippen LogP contribution in [0.3, 0.4) is 0 Å². The van der Waals surface area contributed by atoms with E-state index in [-0.39, 0.29) is 5.41 Å². The van der Waals surface area contributed by atoms with Gasteiger partial charge >= 0.3 is 0 Å². The van der Waals surface area contributed by atoms with Gasteiger partial charge in [-0.3, -0.25) is 0 Å². The molecule has 1 aliphatic carbocycles. The lowest BCUT2D eigenvalue weighted by molar-refractivity contribution is 0.503. The van der Waals surface area contributed by atoms with Crippen molar-refractivity contribution in [2.75, 3.05) is 0 Å². The minimum absolute atomic E-state index is 0.181. The molecule has 0 atom stereocenters. The Balaban J connectivity index is 1.72. The van der Waals surface area contributed by atoms with Gasteiger partial charge in [-0.25, -0.2) is 0 Å². The van der Waals surface area contributed by atoms with E-state index in [4.69, 9.17) is 4.42 Å². The maximum atomic E-state index is 5.98. The molecule has 1 heterocycles. The van der Waals surface area contributed by atoms with Gasteiger partial charge in [-0.05, 0) is 57.0 Å². The fraction of sp³-hybridized carbons (Fsp3) is 0.280. The zero-order valence-corrected chi connectivity index (χ0v) is 16.1. The van der Waals surface area contributed by atoms with E-state index in [1.165, 1.54) is 33.4 Å². The van der Waals surface area contributed by atoms with Crippen molar-refractivity contribution >= 4 is 11.6 Å². The average molecular weight is 342 g/mol. The molecule has 1 nitrogen and oxygen atoms in total. The van der Waals surface area contributed by atoms with Crippen LogP contribution in [0.25, 0.3) is 22.8 Å². The maximum absolute atomic E-state index is 5.98. The number of furan rings is 1. The third-order valence-corrected chi connectivity index (χ3v) is 5.28. The van der Waals surface area contributed by atoms with E-state index in [0.29, 0.717) is 0 Å². The van der Waals surface area contributed by atoms with Crippen molar-refractivity contribution < 1.29 is 4.42 Å². The minimum atomic E-state index is 0.181. The fourth-order valence-corrected chi connectivity index (χ4v) is 3.67. The molecule has 0 saturated heterocycles. The molecule has 0 saturated carbocycles. The normalized spacial score (nSPS) is 13.6. The van der Waals surface area contributed by atoms with Gasteiger partial charge in [-0.15, -0.1) is 0 Å². The highest BCUT2D eigenvalue weighted by molar-refractivity contribution is 5.92. The maximum Gasteiger partial charge on any atom is 0.130 e. The Morgan fingerprint density at radius 3 is 2.35 bits per heavy atom. The fourth-order valence-electron chi connectivity index (χ4n) is 3.67. The lowest BCUT2D eigenvalue weighted by Crippen LogP contribution is -2.10. The highest BCUT2D eigenvalue weighted by Crippen LogP contribution is 2.38. The van der Waals surface area contributed by atoms with Crippen molar-refractivity contribution in [2.24, 2.45) is 0 Å². The number of allylic oxidation sites excluding steroid dienone is 1. The Bertz CT molecular complexity index is 962. The van der Waals surface area contributed by atoms with Crippen LogP contribution in [0.2, 0.25) is 0 Å². The zero-order chi connectivity index (χ0) is 18.3. The molecule has 132 valence electrons. The first-order valence-electron chi connectivity index (χ1n) is 9.48. The molecule has 1 aliphatic rings. The molecule has 1 aromatic heterocycles. The van der Waals surface area contributed by atoms with E-state index in [0.717, 1.165) is 24.4 Å². The molecule has 0 fully saturated rings. The van der Waals surface area contributed by atoms with Gasteiger partial charge in [0, 0.05) is 12.8 Å². The van der Waals surface area contributed by atoms with E-state index < -0.39 is 0 Å². The predicted molar refractivity (Wildman–Crippen MR) is 110 cm³/mol. The number of hydrogen-bond donors (Lipinski definition) is 0. The van der Waals surface area contributed by atoms with E-state index in [1.807, 2.05) is 0 Å². The van der Waals surface area contributed by atoms with Gasteiger partial charge in [0.2, 0.25) is 0 Å². The van der Waals surface area contributed by atoms with Crippen LogP contribution in [-0.2, 0) is 18.3 Å². The Morgan fingerprint density at radius 1 is 0.923 bits per heavy atom. The quantitative estimate of drug-likeness (QED) is 0.504. The van der Waals surface area contributed by atoms with Gasteiger partial charge in [0.05, 0.1) is 0 Å². The van der Waals surface area contributed by atoms with Gasteiger partial charge in [-0.2, -0.15) is 0 Å². The molecule has 1 heteroatoms. The Hall–Kier alpha value is -2.54. The molecule has 0 unspecified atom stereocenters. The molecule has 0 spiro atoms. The van der Waals surface area contributed by atoms with E-state index in [9.17, 15) is 0 Å². The van der Waals surface area contributed by atoms with Crippen LogP contribution in [0, 0.1) is 0 Å². The summed E-state index contributed by atoms with van der Waals surface area (Å²) >= 11 is 0. The number of hydrogen-bond acceptors (Lipinski definition) is 1. The second-order valence-electron chi connectivity index (χ2n) is 8.17. The molecular formula is C25H26O. The van der Waals surface area contributed by atoms with E-state index in [1.54, 1.807) is 0 Å². The second-order valence-corrected chi connectivity index (χ2v) is 8.17. The molecular weight excluding hydrogens is 316 g/mol. The molecule has 0 aliphatic heterocycles. The summed E-state index contributed by atoms with van der Waals surface area (Å²) in [5.74, 6) is 2.06. The molecule has 0 amide bonds. The Kier molecular flexibility index (Phi) is 4.11. The highest BCUT2D eigenvalue weighted by Gasteiger charge is 2.20. The zero-order valence-electron chi connectivity index (χ0n) is 16.1. The van der Waals surface area contributed by atoms with Crippen LogP contribution in [0.4, 0.5) is 0 Å². The van der Waals surface area contributed by atoms with Crippen molar-refractivity contribution in [1.29, 1.82) is 0 Å². The van der Waals surface area contributed by atoms with Crippen molar-refractivity contribution in [2.45, 2.75) is 46.0 Å². The summed E-state index contributed by atoms with van der Waals surface area (Å²) in [6, 6.07) is 19.8. The number of rotatable bonds is 3. The van der Waals surface area contributed by atoms with Crippen LogP contribution in [0.1, 0.15) is 55.9 Å². The molecule has 3 aromatic rings. The first-order chi connectivity index (χ1) is 12.5. The molecule has 0 N–H and O–H groups in total. The van der Waals surface area contributed by atoms with Crippen LogP contribution >= 0.6 is 0 Å². The number of fused-ring (bicyclic) bond motifs is 1. The van der Waals surface area contributed by atoms with Crippen molar-refractivity contribution in [3.05, 3.63) is 82.8 Å². The summed E-state index contributed by atoms with van der Waals surface area (Å²) in [4.78, 5) is 0. The SMILES string of the molecule is CCc1ccc(C2=Cc3c(cccc3-c3ccc(C(C)(C)C)cc3)C2)o1. The third-order valence-electron chi connectivity index (χ3n) is 5.28. The second kappa shape index (κ2) is 6.32. The molecule has 0 radical (unpaired) electrons. The standard InChI is InChI=1S/C25H26O/c1-5-21-13-14-24(26-21)19-15-18-7-6-8-22(23(18)16-19)17-9-11-20(12-10-17)25(2,3)4/h6-14,16H,5,15H2,1-4H3. The first-order valence-corrected chi connectivity index (χ1v) is 9.48. The summed E-state index contributed by atoms with van der Waals surface area (Å²) in [5, 5.41) is 0. The lowest BCUT2D eigenvalue weighted by Gasteiger charge is -2.19. The smallest absolute Gasteiger partial charge is 0.130 e. The summed E-state index contributed by atoms with van der Waals surface area (Å²) in [7, 11) is 0. The Labute approximate surface area is 156 Å². The topological polar surface area (TPSA) is 13.1 Å². The molecule has 0 bridgehead atoms. The van der Waals surface area contributed by atoms with Gasteiger partial charge in [-0.1, -0.05) is 70.2 Å². The van der Waals surface area contributed by atoms with Gasteiger partial charge in [0.15, 0.2) is 0 Å². The predicted octanol–water partition coefficient (Wildman–Crippen LogP) is 6.90. The van der Waals surface area contributed by atoms with E-state index >= 15 is 0 Å². The summed E-state index contributed by atoms with van der Waals surface area (Å²) < 4.78 is 5.98. The van der Waals surface area contributed by atoms with Crippen molar-refractivity contribution in [3.63, 3.8) is 0 Å². The van der Waals surface area contributed by atoms with Crippen LogP contribution < -0.4 is 0 Å². The van der Waals surface area contributed by atoms with Crippen molar-refractivity contribution in [3.8, 4) is 11.1 Å². The molecule has 4 rings (SSSR count). The van der Waals surface area contributed by atoms with Gasteiger partial charge < -0.3 is 4.42 Å². The lowest BCUT2D eigenvalue weighted by atomic mass is 9.86. The van der Waals surface area contributed by atoms with E-state index in [2.05, 4.69) is 88.4 Å². The van der Waals surface area contributed by atoms with Crippen molar-refractivity contribution in [1.82, 2.24) is 0 Å². The highest BCUT2D eigenvalue weighted by atomic mass is 16.3. The van der Waals surface area contributed by atoms with Gasteiger partial charge in [0.25, 0.3) is 0 Å². The molecule has 26 heavy (non-hydrogen) atoms. The first kappa shape index (κ1) is 16.9. The summed E-state index contributed by atoms with van der Waals surface area (Å²) in [6.45, 7) is 8.89.